The highest BCUT2D eigenvalue weighted by molar-refractivity contribution is 7.21. The van der Waals surface area contributed by atoms with Crippen LogP contribution in [-0.2, 0) is 11.3 Å². The van der Waals surface area contributed by atoms with Crippen LogP contribution in [0.4, 0.5) is 4.79 Å². The van der Waals surface area contributed by atoms with E-state index in [9.17, 15) is 9.59 Å². The highest BCUT2D eigenvalue weighted by Gasteiger charge is 2.35. The number of thiophene rings is 1. The fourth-order valence-corrected chi connectivity index (χ4v) is 5.97. The van der Waals surface area contributed by atoms with Crippen LogP contribution in [0.15, 0.2) is 48.5 Å². The molecule has 32 heavy (non-hydrogen) atoms. The number of rotatable bonds is 5. The zero-order chi connectivity index (χ0) is 22.1. The number of ether oxygens (including phenoxy) is 1. The summed E-state index contributed by atoms with van der Waals surface area (Å²) in [6.07, 6.45) is 1.90. The molecule has 2 N–H and O–H groups in total. The van der Waals surface area contributed by atoms with Crippen LogP contribution in [0.1, 0.15) is 28.1 Å². The maximum Gasteiger partial charge on any atom is 0.407 e. The van der Waals surface area contributed by atoms with Gasteiger partial charge in [0.2, 0.25) is 0 Å². The van der Waals surface area contributed by atoms with Gasteiger partial charge in [-0.05, 0) is 60.0 Å². The monoisotopic (exact) mass is 449 g/mol. The molecule has 0 radical (unpaired) electrons. The molecular weight excluding hydrogens is 422 g/mol. The number of alkyl carbamates (subject to hydrolysis) is 1. The molecule has 1 atom stereocenters. The van der Waals surface area contributed by atoms with Gasteiger partial charge in [0.1, 0.15) is 6.61 Å². The number of piperidine rings is 3. The highest BCUT2D eigenvalue weighted by atomic mass is 32.1. The lowest BCUT2D eigenvalue weighted by molar-refractivity contribution is 0.0622. The minimum Gasteiger partial charge on any atom is -0.445 e. The normalized spacial score (nSPS) is 22.0. The van der Waals surface area contributed by atoms with Crippen LogP contribution in [-0.4, -0.2) is 49.6 Å². The van der Waals surface area contributed by atoms with Gasteiger partial charge in [0.25, 0.3) is 5.91 Å². The standard InChI is InChI=1S/C25H27N3O3S/c1-26-25(30)31-15-18-5-2-3-7-19(18)20-8-4-6-17-13-22(32-23(17)20)24(29)27-21-14-28-11-9-16(21)10-12-28/h2-8,13,16,21H,9-12,14-15H2,1H3,(H,26,30)(H,27,29)/t21-/m0/s1. The lowest BCUT2D eigenvalue weighted by Gasteiger charge is -2.44. The second-order valence-corrected chi connectivity index (χ2v) is 9.59. The molecule has 3 aliphatic heterocycles. The predicted octanol–water partition coefficient (Wildman–Crippen LogP) is 4.25. The van der Waals surface area contributed by atoms with E-state index in [4.69, 9.17) is 4.74 Å². The number of nitrogens with zero attached hydrogens (tertiary/aromatic N) is 1. The fraction of sp³-hybridized carbons (Fsp3) is 0.360. The molecule has 2 amide bonds. The second-order valence-electron chi connectivity index (χ2n) is 8.54. The van der Waals surface area contributed by atoms with E-state index in [-0.39, 0.29) is 18.6 Å². The second kappa shape index (κ2) is 8.92. The average Bonchev–Trinajstić information content (AvgIpc) is 3.28. The molecule has 2 bridgehead atoms. The summed E-state index contributed by atoms with van der Waals surface area (Å²) >= 11 is 1.53. The first-order chi connectivity index (χ1) is 15.6. The summed E-state index contributed by atoms with van der Waals surface area (Å²) in [6, 6.07) is 16.3. The Morgan fingerprint density at radius 2 is 1.88 bits per heavy atom. The van der Waals surface area contributed by atoms with E-state index in [2.05, 4.69) is 21.6 Å². The van der Waals surface area contributed by atoms with Gasteiger partial charge < -0.3 is 20.3 Å². The van der Waals surface area contributed by atoms with Crippen molar-refractivity contribution in [2.24, 2.45) is 5.92 Å². The first-order valence-corrected chi connectivity index (χ1v) is 11.9. The Labute approximate surface area is 191 Å². The smallest absolute Gasteiger partial charge is 0.407 e. The third kappa shape index (κ3) is 4.10. The summed E-state index contributed by atoms with van der Waals surface area (Å²) in [5.74, 6) is 0.619. The zero-order valence-corrected chi connectivity index (χ0v) is 18.9. The number of fused-ring (bicyclic) bond motifs is 4. The molecule has 7 heteroatoms. The third-order valence-corrected chi connectivity index (χ3v) is 7.79. The first-order valence-electron chi connectivity index (χ1n) is 11.1. The van der Waals surface area contributed by atoms with E-state index in [1.807, 2.05) is 42.5 Å². The van der Waals surface area contributed by atoms with Crippen molar-refractivity contribution in [2.45, 2.75) is 25.5 Å². The van der Waals surface area contributed by atoms with Gasteiger partial charge in [-0.3, -0.25) is 4.79 Å². The van der Waals surface area contributed by atoms with Gasteiger partial charge in [-0.15, -0.1) is 11.3 Å². The zero-order valence-electron chi connectivity index (χ0n) is 18.1. The summed E-state index contributed by atoms with van der Waals surface area (Å²) < 4.78 is 6.36. The van der Waals surface area contributed by atoms with Crippen molar-refractivity contribution in [1.82, 2.24) is 15.5 Å². The Bertz CT molecular complexity index is 1150. The molecule has 6 nitrogen and oxygen atoms in total. The van der Waals surface area contributed by atoms with E-state index in [1.165, 1.54) is 24.2 Å². The predicted molar refractivity (Wildman–Crippen MR) is 127 cm³/mol. The van der Waals surface area contributed by atoms with Crippen LogP contribution in [0.5, 0.6) is 0 Å². The van der Waals surface area contributed by atoms with E-state index in [0.29, 0.717) is 5.92 Å². The summed E-state index contributed by atoms with van der Waals surface area (Å²) in [6.45, 7) is 3.47. The Balaban J connectivity index is 1.42. The molecule has 1 aromatic heterocycles. The molecule has 0 unspecified atom stereocenters. The molecule has 6 rings (SSSR count). The molecule has 0 saturated carbocycles. The largest absolute Gasteiger partial charge is 0.445 e. The maximum absolute atomic E-state index is 13.1. The molecule has 3 aromatic rings. The molecule has 0 aliphatic carbocycles. The van der Waals surface area contributed by atoms with Crippen LogP contribution in [0, 0.1) is 5.92 Å². The lowest BCUT2D eigenvalue weighted by atomic mass is 9.84. The van der Waals surface area contributed by atoms with Crippen molar-refractivity contribution in [2.75, 3.05) is 26.7 Å². The fourth-order valence-electron chi connectivity index (χ4n) is 4.88. The molecule has 166 valence electrons. The Morgan fingerprint density at radius 1 is 1.09 bits per heavy atom. The molecule has 0 spiro atoms. The molecule has 3 saturated heterocycles. The van der Waals surface area contributed by atoms with Gasteiger partial charge in [-0.25, -0.2) is 4.79 Å². The molecule has 3 fully saturated rings. The van der Waals surface area contributed by atoms with Gasteiger partial charge >= 0.3 is 6.09 Å². The van der Waals surface area contributed by atoms with Crippen molar-refractivity contribution < 1.29 is 14.3 Å². The Morgan fingerprint density at radius 3 is 2.62 bits per heavy atom. The van der Waals surface area contributed by atoms with Gasteiger partial charge in [0.05, 0.1) is 4.88 Å². The molecule has 4 heterocycles. The number of benzene rings is 2. The minimum absolute atomic E-state index is 0.0205. The number of carbonyl (C=O) groups is 2. The van der Waals surface area contributed by atoms with Gasteiger partial charge in [-0.2, -0.15) is 0 Å². The SMILES string of the molecule is CNC(=O)OCc1ccccc1-c1cccc2cc(C(=O)N[C@H]3CN4CCC3CC4)sc12. The van der Waals surface area contributed by atoms with E-state index >= 15 is 0 Å². The van der Waals surface area contributed by atoms with E-state index in [0.717, 1.165) is 51.3 Å². The molecule has 3 aliphatic rings. The van der Waals surface area contributed by atoms with Crippen molar-refractivity contribution in [3.63, 3.8) is 0 Å². The highest BCUT2D eigenvalue weighted by Crippen LogP contribution is 2.37. The van der Waals surface area contributed by atoms with Crippen LogP contribution >= 0.6 is 11.3 Å². The van der Waals surface area contributed by atoms with Crippen molar-refractivity contribution >= 4 is 33.4 Å². The summed E-state index contributed by atoms with van der Waals surface area (Å²) in [5, 5.41) is 6.83. The third-order valence-electron chi connectivity index (χ3n) is 6.61. The number of hydrogen-bond donors (Lipinski definition) is 2. The number of hydrogen-bond acceptors (Lipinski definition) is 5. The summed E-state index contributed by atoms with van der Waals surface area (Å²) in [7, 11) is 1.54. The lowest BCUT2D eigenvalue weighted by Crippen LogP contribution is -2.57. The Hall–Kier alpha value is -2.90. The Kier molecular flexibility index (Phi) is 5.85. The topological polar surface area (TPSA) is 70.7 Å². The van der Waals surface area contributed by atoms with Gasteiger partial charge in [-0.1, -0.05) is 42.5 Å². The number of nitrogens with one attached hydrogen (secondary N) is 2. The van der Waals surface area contributed by atoms with Crippen molar-refractivity contribution in [3.05, 3.63) is 59.0 Å². The summed E-state index contributed by atoms with van der Waals surface area (Å²) in [5.41, 5.74) is 2.98. The van der Waals surface area contributed by atoms with Crippen molar-refractivity contribution in [1.29, 1.82) is 0 Å². The van der Waals surface area contributed by atoms with E-state index in [1.54, 1.807) is 7.05 Å². The van der Waals surface area contributed by atoms with Crippen LogP contribution in [0.2, 0.25) is 0 Å². The first kappa shape index (κ1) is 21.0. The van der Waals surface area contributed by atoms with E-state index < -0.39 is 6.09 Å². The van der Waals surface area contributed by atoms with Gasteiger partial charge in [0.15, 0.2) is 0 Å². The number of amides is 2. The molecular formula is C25H27N3O3S. The van der Waals surface area contributed by atoms with Crippen LogP contribution in [0.25, 0.3) is 21.2 Å². The minimum atomic E-state index is -0.458. The number of carbonyl (C=O) groups excluding carboxylic acids is 2. The van der Waals surface area contributed by atoms with Crippen LogP contribution in [0.3, 0.4) is 0 Å². The molecule has 2 aromatic carbocycles. The average molecular weight is 450 g/mol. The maximum atomic E-state index is 13.1. The quantitative estimate of drug-likeness (QED) is 0.611. The summed E-state index contributed by atoms with van der Waals surface area (Å²) in [4.78, 5) is 27.8. The van der Waals surface area contributed by atoms with Crippen molar-refractivity contribution in [3.8, 4) is 11.1 Å². The van der Waals surface area contributed by atoms with Gasteiger partial charge in [0, 0.05) is 24.3 Å². The van der Waals surface area contributed by atoms with Crippen LogP contribution < -0.4 is 10.6 Å².